The molecule has 94 valence electrons. The fourth-order valence-corrected chi connectivity index (χ4v) is 3.38. The van der Waals surface area contributed by atoms with E-state index in [1.165, 1.54) is 5.56 Å². The topological polar surface area (TPSA) is 29.5 Å². The molecule has 3 nitrogen and oxygen atoms in total. The van der Waals surface area contributed by atoms with E-state index in [0.29, 0.717) is 6.61 Å². The number of carbonyl (C=O) groups is 1. The summed E-state index contributed by atoms with van der Waals surface area (Å²) in [5, 5.41) is 2.13. The molecule has 0 saturated carbocycles. The van der Waals surface area contributed by atoms with E-state index in [9.17, 15) is 4.79 Å². The van der Waals surface area contributed by atoms with Crippen LogP contribution >= 0.6 is 27.3 Å². The van der Waals surface area contributed by atoms with Crippen molar-refractivity contribution in [2.45, 2.75) is 32.4 Å². The van der Waals surface area contributed by atoms with Crippen molar-refractivity contribution in [3.63, 3.8) is 0 Å². The summed E-state index contributed by atoms with van der Waals surface area (Å²) in [4.78, 5) is 14.0. The minimum Gasteiger partial charge on any atom is -0.465 e. The van der Waals surface area contributed by atoms with Crippen LogP contribution in [0.15, 0.2) is 15.2 Å². The van der Waals surface area contributed by atoms with Gasteiger partial charge >= 0.3 is 5.97 Å². The van der Waals surface area contributed by atoms with Crippen molar-refractivity contribution >= 4 is 33.2 Å². The standard InChI is InChI=1S/C12H16BrNO2S/c1-2-16-12(15)10-4-3-5-14(10)7-9-6-11(13)17-8-9/h6,8,10H,2-5,7H2,1H3. The molecule has 0 amide bonds. The van der Waals surface area contributed by atoms with Gasteiger partial charge < -0.3 is 4.74 Å². The van der Waals surface area contributed by atoms with Crippen molar-refractivity contribution in [1.82, 2.24) is 4.90 Å². The first-order valence-corrected chi connectivity index (χ1v) is 7.51. The number of ether oxygens (including phenoxy) is 1. The number of nitrogens with zero attached hydrogens (tertiary/aromatic N) is 1. The molecule has 0 aliphatic carbocycles. The summed E-state index contributed by atoms with van der Waals surface area (Å²) in [6, 6.07) is 2.07. The second-order valence-corrected chi connectivity index (χ2v) is 6.43. The van der Waals surface area contributed by atoms with E-state index in [4.69, 9.17) is 4.74 Å². The van der Waals surface area contributed by atoms with Gasteiger partial charge in [-0.25, -0.2) is 0 Å². The highest BCUT2D eigenvalue weighted by Crippen LogP contribution is 2.25. The van der Waals surface area contributed by atoms with E-state index >= 15 is 0 Å². The number of halogens is 1. The van der Waals surface area contributed by atoms with Crippen molar-refractivity contribution in [3.05, 3.63) is 20.8 Å². The average molecular weight is 318 g/mol. The van der Waals surface area contributed by atoms with E-state index < -0.39 is 0 Å². The molecule has 2 rings (SSSR count). The van der Waals surface area contributed by atoms with Crippen molar-refractivity contribution in [2.75, 3.05) is 13.2 Å². The highest BCUT2D eigenvalue weighted by Gasteiger charge is 2.31. The number of hydrogen-bond donors (Lipinski definition) is 0. The third-order valence-corrected chi connectivity index (χ3v) is 4.48. The number of esters is 1. The molecule has 0 N–H and O–H groups in total. The molecule has 0 bridgehead atoms. The van der Waals surface area contributed by atoms with Crippen LogP contribution in [0, 0.1) is 0 Å². The quantitative estimate of drug-likeness (QED) is 0.799. The molecule has 2 heterocycles. The Labute approximate surface area is 114 Å². The molecule has 17 heavy (non-hydrogen) atoms. The molecule has 1 aromatic heterocycles. The third kappa shape index (κ3) is 3.30. The smallest absolute Gasteiger partial charge is 0.323 e. The van der Waals surface area contributed by atoms with Crippen LogP contribution in [0.3, 0.4) is 0 Å². The summed E-state index contributed by atoms with van der Waals surface area (Å²) in [6.45, 7) is 4.14. The number of rotatable bonds is 4. The minimum absolute atomic E-state index is 0.0476. The third-order valence-electron chi connectivity index (χ3n) is 2.93. The van der Waals surface area contributed by atoms with E-state index in [1.807, 2.05) is 6.92 Å². The molecule has 1 fully saturated rings. The van der Waals surface area contributed by atoms with Gasteiger partial charge in [-0.3, -0.25) is 9.69 Å². The van der Waals surface area contributed by atoms with Crippen molar-refractivity contribution in [3.8, 4) is 0 Å². The fourth-order valence-electron chi connectivity index (χ4n) is 2.18. The molecule has 5 heteroatoms. The van der Waals surface area contributed by atoms with Gasteiger partial charge in [-0.15, -0.1) is 11.3 Å². The molecule has 1 unspecified atom stereocenters. The molecule has 1 saturated heterocycles. The van der Waals surface area contributed by atoms with Gasteiger partial charge in [-0.1, -0.05) is 0 Å². The SMILES string of the molecule is CCOC(=O)C1CCCN1Cc1csc(Br)c1. The maximum atomic E-state index is 11.8. The van der Waals surface area contributed by atoms with E-state index in [2.05, 4.69) is 32.3 Å². The molecule has 0 spiro atoms. The fraction of sp³-hybridized carbons (Fsp3) is 0.583. The molecule has 1 aliphatic heterocycles. The van der Waals surface area contributed by atoms with E-state index in [1.54, 1.807) is 11.3 Å². The summed E-state index contributed by atoms with van der Waals surface area (Å²) in [6.07, 6.45) is 2.00. The Kier molecular flexibility index (Phi) is 4.59. The largest absolute Gasteiger partial charge is 0.465 e. The maximum absolute atomic E-state index is 11.8. The molecule has 0 radical (unpaired) electrons. The average Bonchev–Trinajstić information content (AvgIpc) is 2.89. The van der Waals surface area contributed by atoms with Crippen molar-refractivity contribution in [1.29, 1.82) is 0 Å². The van der Waals surface area contributed by atoms with Crippen LogP contribution in [0.2, 0.25) is 0 Å². The van der Waals surface area contributed by atoms with Gasteiger partial charge in [0.2, 0.25) is 0 Å². The first-order chi connectivity index (χ1) is 8.20. The lowest BCUT2D eigenvalue weighted by Crippen LogP contribution is -2.36. The first kappa shape index (κ1) is 13.1. The zero-order valence-electron chi connectivity index (χ0n) is 9.82. The zero-order chi connectivity index (χ0) is 12.3. The Morgan fingerprint density at radius 3 is 3.18 bits per heavy atom. The predicted octanol–water partition coefficient (Wildman–Crippen LogP) is 3.04. The van der Waals surface area contributed by atoms with Gasteiger partial charge in [0.1, 0.15) is 6.04 Å². The van der Waals surface area contributed by atoms with Crippen molar-refractivity contribution in [2.24, 2.45) is 0 Å². The molecular formula is C12H16BrNO2S. The Hall–Kier alpha value is -0.390. The summed E-state index contributed by atoms with van der Waals surface area (Å²) in [5.74, 6) is -0.0701. The van der Waals surface area contributed by atoms with E-state index in [-0.39, 0.29) is 12.0 Å². The highest BCUT2D eigenvalue weighted by molar-refractivity contribution is 9.11. The molecule has 1 atom stereocenters. The Morgan fingerprint density at radius 2 is 2.53 bits per heavy atom. The van der Waals surface area contributed by atoms with Crippen LogP contribution in [0.1, 0.15) is 25.3 Å². The summed E-state index contributed by atoms with van der Waals surface area (Å²) >= 11 is 5.14. The zero-order valence-corrected chi connectivity index (χ0v) is 12.2. The Balaban J connectivity index is 1.97. The normalized spacial score (nSPS) is 20.7. The van der Waals surface area contributed by atoms with Gasteiger partial charge in [-0.2, -0.15) is 0 Å². The second kappa shape index (κ2) is 5.98. The summed E-state index contributed by atoms with van der Waals surface area (Å²) in [5.41, 5.74) is 1.26. The van der Waals surface area contributed by atoms with Gasteiger partial charge in [0.05, 0.1) is 10.4 Å². The number of likely N-dealkylation sites (tertiary alicyclic amines) is 1. The van der Waals surface area contributed by atoms with Gasteiger partial charge in [-0.05, 0) is 59.2 Å². The van der Waals surface area contributed by atoms with Gasteiger partial charge in [0.25, 0.3) is 0 Å². The monoisotopic (exact) mass is 317 g/mol. The predicted molar refractivity (Wildman–Crippen MR) is 72.1 cm³/mol. The highest BCUT2D eigenvalue weighted by atomic mass is 79.9. The Morgan fingerprint density at radius 1 is 1.71 bits per heavy atom. The van der Waals surface area contributed by atoms with Crippen LogP contribution < -0.4 is 0 Å². The number of carbonyl (C=O) groups excluding carboxylic acids is 1. The molecule has 1 aromatic rings. The van der Waals surface area contributed by atoms with Crippen LogP contribution in [0.5, 0.6) is 0 Å². The minimum atomic E-state index is -0.0701. The van der Waals surface area contributed by atoms with Crippen LogP contribution in [-0.4, -0.2) is 30.1 Å². The second-order valence-electron chi connectivity index (χ2n) is 4.14. The van der Waals surface area contributed by atoms with Crippen LogP contribution in [0.25, 0.3) is 0 Å². The number of hydrogen-bond acceptors (Lipinski definition) is 4. The summed E-state index contributed by atoms with van der Waals surface area (Å²) in [7, 11) is 0. The lowest BCUT2D eigenvalue weighted by molar-refractivity contribution is -0.148. The molecule has 0 aromatic carbocycles. The van der Waals surface area contributed by atoms with Crippen LogP contribution in [0.4, 0.5) is 0 Å². The Bertz CT molecular complexity index is 394. The molecular weight excluding hydrogens is 302 g/mol. The van der Waals surface area contributed by atoms with Crippen molar-refractivity contribution < 1.29 is 9.53 Å². The first-order valence-electron chi connectivity index (χ1n) is 5.84. The lowest BCUT2D eigenvalue weighted by atomic mass is 10.2. The van der Waals surface area contributed by atoms with Gasteiger partial charge in [0, 0.05) is 6.54 Å². The van der Waals surface area contributed by atoms with Crippen LogP contribution in [-0.2, 0) is 16.1 Å². The maximum Gasteiger partial charge on any atom is 0.323 e. The lowest BCUT2D eigenvalue weighted by Gasteiger charge is -2.22. The van der Waals surface area contributed by atoms with Gasteiger partial charge in [0.15, 0.2) is 0 Å². The molecule has 1 aliphatic rings. The van der Waals surface area contributed by atoms with E-state index in [0.717, 1.165) is 29.7 Å². The number of thiophene rings is 1. The summed E-state index contributed by atoms with van der Waals surface area (Å²) < 4.78 is 6.25.